The summed E-state index contributed by atoms with van der Waals surface area (Å²) in [5.41, 5.74) is 1.06. The van der Waals surface area contributed by atoms with Crippen LogP contribution in [0.3, 0.4) is 0 Å². The number of aliphatic carboxylic acids is 1. The third-order valence-electron chi connectivity index (χ3n) is 2.59. The molecule has 0 bridgehead atoms. The van der Waals surface area contributed by atoms with Crippen LogP contribution >= 0.6 is 39.0 Å². The molecule has 2 aromatic rings. The van der Waals surface area contributed by atoms with Crippen LogP contribution < -0.4 is 0 Å². The lowest BCUT2D eigenvalue weighted by Gasteiger charge is -2.11. The predicted octanol–water partition coefficient (Wildman–Crippen LogP) is 4.44. The highest BCUT2D eigenvalue weighted by Gasteiger charge is 2.18. The zero-order valence-electron chi connectivity index (χ0n) is 10.1. The van der Waals surface area contributed by atoms with Crippen LogP contribution in [0.1, 0.15) is 10.4 Å². The number of thioether (sulfide) groups is 1. The summed E-state index contributed by atoms with van der Waals surface area (Å²) in [6, 6.07) is 13.8. The number of benzene rings is 1. The second kappa shape index (κ2) is 7.12. The van der Waals surface area contributed by atoms with E-state index in [1.807, 2.05) is 42.5 Å². The minimum absolute atomic E-state index is 0.400. The second-order valence-corrected chi connectivity index (χ2v) is 7.77. The number of carbonyl (C=O) groups is 1. The van der Waals surface area contributed by atoms with E-state index in [2.05, 4.69) is 15.9 Å². The normalized spacial score (nSPS) is 12.3. The van der Waals surface area contributed by atoms with Crippen molar-refractivity contribution in [2.45, 2.75) is 17.4 Å². The molecule has 0 radical (unpaired) electrons. The third-order valence-corrected chi connectivity index (χ3v) is 5.65. The number of carboxylic acid groups (broad SMARTS) is 1. The van der Waals surface area contributed by atoms with Gasteiger partial charge in [-0.15, -0.1) is 23.1 Å². The van der Waals surface area contributed by atoms with E-state index in [1.54, 1.807) is 11.3 Å². The lowest BCUT2D eigenvalue weighted by molar-refractivity contribution is -0.136. The van der Waals surface area contributed by atoms with E-state index in [-0.39, 0.29) is 0 Å². The van der Waals surface area contributed by atoms with Gasteiger partial charge in [-0.25, -0.2) is 0 Å². The highest BCUT2D eigenvalue weighted by atomic mass is 79.9. The number of rotatable bonds is 6. The Morgan fingerprint density at radius 2 is 2.00 bits per heavy atom. The van der Waals surface area contributed by atoms with Gasteiger partial charge in [0.2, 0.25) is 0 Å². The van der Waals surface area contributed by atoms with Crippen LogP contribution in [0.15, 0.2) is 46.3 Å². The minimum Gasteiger partial charge on any atom is -0.480 e. The first-order chi connectivity index (χ1) is 9.15. The summed E-state index contributed by atoms with van der Waals surface area (Å²) >= 11 is 6.55. The third kappa shape index (κ3) is 4.67. The van der Waals surface area contributed by atoms with Crippen molar-refractivity contribution in [1.82, 2.24) is 0 Å². The summed E-state index contributed by atoms with van der Waals surface area (Å²) in [4.78, 5) is 12.5. The Balaban J connectivity index is 1.95. The maximum Gasteiger partial charge on any atom is 0.316 e. The van der Waals surface area contributed by atoms with Crippen molar-refractivity contribution >= 4 is 45.0 Å². The highest BCUT2D eigenvalue weighted by Crippen LogP contribution is 2.28. The standard InChI is InChI=1S/C14H13BrO2S2/c15-13-7-6-11(19-13)9-18-12(14(16)17)8-10-4-2-1-3-5-10/h1-7,12H,8-9H2,(H,16,17). The SMILES string of the molecule is O=C(O)C(Cc1ccccc1)SCc1ccc(Br)s1. The quantitative estimate of drug-likeness (QED) is 0.831. The summed E-state index contributed by atoms with van der Waals surface area (Å²) in [6.45, 7) is 0. The van der Waals surface area contributed by atoms with E-state index < -0.39 is 11.2 Å². The predicted molar refractivity (Wildman–Crippen MR) is 84.9 cm³/mol. The topological polar surface area (TPSA) is 37.3 Å². The number of hydrogen-bond donors (Lipinski definition) is 1. The number of hydrogen-bond acceptors (Lipinski definition) is 3. The van der Waals surface area contributed by atoms with Gasteiger partial charge in [0.15, 0.2) is 0 Å². The van der Waals surface area contributed by atoms with Gasteiger partial charge in [0, 0.05) is 10.6 Å². The lowest BCUT2D eigenvalue weighted by atomic mass is 10.1. The largest absolute Gasteiger partial charge is 0.480 e. The van der Waals surface area contributed by atoms with Gasteiger partial charge in [0.05, 0.1) is 3.79 Å². The Hall–Kier alpha value is -0.780. The van der Waals surface area contributed by atoms with Crippen LogP contribution in [0.5, 0.6) is 0 Å². The molecule has 2 nitrogen and oxygen atoms in total. The maximum absolute atomic E-state index is 11.3. The second-order valence-electron chi connectivity index (χ2n) is 4.03. The molecule has 1 aromatic carbocycles. The number of carboxylic acids is 1. The summed E-state index contributed by atoms with van der Waals surface area (Å²) in [7, 11) is 0. The fraction of sp³-hybridized carbons (Fsp3) is 0.214. The van der Waals surface area contributed by atoms with Crippen LogP contribution in [-0.4, -0.2) is 16.3 Å². The van der Waals surface area contributed by atoms with Gasteiger partial charge in [-0.1, -0.05) is 30.3 Å². The van der Waals surface area contributed by atoms with Crippen LogP contribution in [0.2, 0.25) is 0 Å². The van der Waals surface area contributed by atoms with Crippen LogP contribution in [0.4, 0.5) is 0 Å². The monoisotopic (exact) mass is 356 g/mol. The van der Waals surface area contributed by atoms with E-state index in [0.29, 0.717) is 6.42 Å². The van der Waals surface area contributed by atoms with Gasteiger partial charge < -0.3 is 5.11 Å². The van der Waals surface area contributed by atoms with Crippen molar-refractivity contribution in [1.29, 1.82) is 0 Å². The van der Waals surface area contributed by atoms with E-state index in [0.717, 1.165) is 15.1 Å². The van der Waals surface area contributed by atoms with Gasteiger partial charge >= 0.3 is 5.97 Å². The lowest BCUT2D eigenvalue weighted by Crippen LogP contribution is -2.19. The first-order valence-electron chi connectivity index (χ1n) is 5.77. The number of halogens is 1. The highest BCUT2D eigenvalue weighted by molar-refractivity contribution is 9.11. The fourth-order valence-corrected chi connectivity index (χ4v) is 4.29. The number of thiophene rings is 1. The molecule has 2 rings (SSSR count). The molecule has 1 unspecified atom stereocenters. The zero-order chi connectivity index (χ0) is 13.7. The van der Waals surface area contributed by atoms with Crippen molar-refractivity contribution in [3.8, 4) is 0 Å². The molecule has 19 heavy (non-hydrogen) atoms. The Labute approximate surface area is 129 Å². The Morgan fingerprint density at radius 3 is 2.58 bits per heavy atom. The Kier molecular flexibility index (Phi) is 5.48. The van der Waals surface area contributed by atoms with Crippen molar-refractivity contribution < 1.29 is 9.90 Å². The van der Waals surface area contributed by atoms with Gasteiger partial charge in [0.25, 0.3) is 0 Å². The first kappa shape index (κ1) is 14.6. The first-order valence-corrected chi connectivity index (χ1v) is 8.43. The molecule has 5 heteroatoms. The molecule has 0 saturated heterocycles. The van der Waals surface area contributed by atoms with Crippen molar-refractivity contribution in [2.24, 2.45) is 0 Å². The van der Waals surface area contributed by atoms with E-state index >= 15 is 0 Å². The molecule has 1 atom stereocenters. The van der Waals surface area contributed by atoms with Crippen LogP contribution in [0.25, 0.3) is 0 Å². The van der Waals surface area contributed by atoms with Crippen LogP contribution in [0, 0.1) is 0 Å². The van der Waals surface area contributed by atoms with E-state index in [4.69, 9.17) is 0 Å². The summed E-state index contributed by atoms with van der Waals surface area (Å²) in [5, 5.41) is 8.89. The minimum atomic E-state index is -0.746. The molecule has 1 N–H and O–H groups in total. The van der Waals surface area contributed by atoms with Crippen molar-refractivity contribution in [2.75, 3.05) is 0 Å². The fourth-order valence-electron chi connectivity index (χ4n) is 1.66. The van der Waals surface area contributed by atoms with E-state index in [9.17, 15) is 9.90 Å². The maximum atomic E-state index is 11.3. The molecule has 0 fully saturated rings. The summed E-state index contributed by atoms with van der Waals surface area (Å²) < 4.78 is 1.08. The molecule has 0 aliphatic heterocycles. The Bertz CT molecular complexity index is 539. The molecule has 1 aromatic heterocycles. The molecule has 100 valence electrons. The molecular weight excluding hydrogens is 344 g/mol. The van der Waals surface area contributed by atoms with Gasteiger partial charge in [-0.05, 0) is 40.0 Å². The molecule has 0 aliphatic rings. The smallest absolute Gasteiger partial charge is 0.316 e. The molecule has 0 amide bonds. The average Bonchev–Trinajstić information content (AvgIpc) is 2.81. The average molecular weight is 357 g/mol. The molecule has 0 spiro atoms. The van der Waals surface area contributed by atoms with Crippen LogP contribution in [-0.2, 0) is 17.0 Å². The van der Waals surface area contributed by atoms with Gasteiger partial charge in [-0.2, -0.15) is 0 Å². The molecule has 1 heterocycles. The van der Waals surface area contributed by atoms with E-state index in [1.165, 1.54) is 16.6 Å². The van der Waals surface area contributed by atoms with Crippen molar-refractivity contribution in [3.05, 3.63) is 56.7 Å². The summed E-state index contributed by atoms with van der Waals surface area (Å²) in [6.07, 6.45) is 0.563. The molecular formula is C14H13BrO2S2. The molecule has 0 aliphatic carbocycles. The zero-order valence-corrected chi connectivity index (χ0v) is 13.3. The Morgan fingerprint density at radius 1 is 1.26 bits per heavy atom. The summed E-state index contributed by atoms with van der Waals surface area (Å²) in [5.74, 6) is -0.00968. The van der Waals surface area contributed by atoms with Gasteiger partial charge in [-0.3, -0.25) is 4.79 Å². The van der Waals surface area contributed by atoms with Gasteiger partial charge in [0.1, 0.15) is 5.25 Å². The molecule has 0 saturated carbocycles. The van der Waals surface area contributed by atoms with Crippen molar-refractivity contribution in [3.63, 3.8) is 0 Å².